The Balaban J connectivity index is 1.38. The van der Waals surface area contributed by atoms with Crippen LogP contribution in [-0.2, 0) is 6.54 Å². The topological polar surface area (TPSA) is 49.2 Å². The highest BCUT2D eigenvalue weighted by molar-refractivity contribution is 5.37. The van der Waals surface area contributed by atoms with E-state index in [-0.39, 0.29) is 0 Å². The van der Waals surface area contributed by atoms with E-state index in [4.69, 9.17) is 5.10 Å². The fourth-order valence-corrected chi connectivity index (χ4v) is 4.09. The fraction of sp³-hybridized carbons (Fsp3) is 0.579. The van der Waals surface area contributed by atoms with Gasteiger partial charge in [-0.15, -0.1) is 0 Å². The third kappa shape index (κ3) is 3.92. The SMILES string of the molecule is Cc1cc(C)cc(-n2ncc(CN3CCC(N4CCNCC4)C3)n2)c1. The average molecular weight is 340 g/mol. The van der Waals surface area contributed by atoms with Gasteiger partial charge in [-0.1, -0.05) is 6.07 Å². The van der Waals surface area contributed by atoms with Crippen LogP contribution in [0.15, 0.2) is 24.4 Å². The van der Waals surface area contributed by atoms with Crippen molar-refractivity contribution in [3.63, 3.8) is 0 Å². The first-order valence-corrected chi connectivity index (χ1v) is 9.34. The van der Waals surface area contributed by atoms with Gasteiger partial charge in [-0.25, -0.2) is 0 Å². The van der Waals surface area contributed by atoms with Crippen molar-refractivity contribution in [1.82, 2.24) is 30.1 Å². The van der Waals surface area contributed by atoms with Crippen LogP contribution in [0, 0.1) is 13.8 Å². The molecule has 3 heterocycles. The minimum absolute atomic E-state index is 0.705. The number of benzene rings is 1. The molecular formula is C19H28N6. The number of rotatable bonds is 4. The predicted octanol–water partition coefficient (Wildman–Crippen LogP) is 1.36. The number of piperazine rings is 1. The Morgan fingerprint density at radius 2 is 1.84 bits per heavy atom. The van der Waals surface area contributed by atoms with Crippen LogP contribution in [0.2, 0.25) is 0 Å². The van der Waals surface area contributed by atoms with Crippen molar-refractivity contribution in [2.24, 2.45) is 0 Å². The maximum absolute atomic E-state index is 4.70. The van der Waals surface area contributed by atoms with Crippen molar-refractivity contribution in [3.05, 3.63) is 41.2 Å². The van der Waals surface area contributed by atoms with Crippen LogP contribution in [0.1, 0.15) is 23.2 Å². The molecule has 0 saturated carbocycles. The van der Waals surface area contributed by atoms with E-state index in [0.717, 1.165) is 44.1 Å². The van der Waals surface area contributed by atoms with E-state index in [1.807, 2.05) is 6.20 Å². The summed E-state index contributed by atoms with van der Waals surface area (Å²) in [6.45, 7) is 12.0. The molecule has 0 amide bonds. The van der Waals surface area contributed by atoms with Gasteiger partial charge >= 0.3 is 0 Å². The molecule has 6 nitrogen and oxygen atoms in total. The van der Waals surface area contributed by atoms with Crippen molar-refractivity contribution in [2.45, 2.75) is 32.9 Å². The van der Waals surface area contributed by atoms with Gasteiger partial charge in [0.1, 0.15) is 0 Å². The molecule has 2 aliphatic heterocycles. The van der Waals surface area contributed by atoms with Gasteiger partial charge in [-0.05, 0) is 43.5 Å². The van der Waals surface area contributed by atoms with Crippen LogP contribution in [-0.4, -0.2) is 70.1 Å². The first kappa shape index (κ1) is 16.7. The van der Waals surface area contributed by atoms with Crippen LogP contribution in [0.3, 0.4) is 0 Å². The molecule has 0 spiro atoms. The second kappa shape index (κ2) is 7.23. The van der Waals surface area contributed by atoms with Crippen molar-refractivity contribution >= 4 is 0 Å². The van der Waals surface area contributed by atoms with Crippen molar-refractivity contribution < 1.29 is 0 Å². The number of nitrogens with zero attached hydrogens (tertiary/aromatic N) is 5. The van der Waals surface area contributed by atoms with E-state index in [1.165, 1.54) is 30.6 Å². The molecule has 2 saturated heterocycles. The molecule has 2 aliphatic rings. The molecule has 0 aliphatic carbocycles. The summed E-state index contributed by atoms with van der Waals surface area (Å²) in [5.41, 5.74) is 4.59. The fourth-order valence-electron chi connectivity index (χ4n) is 4.09. The lowest BCUT2D eigenvalue weighted by atomic mass is 10.1. The lowest BCUT2D eigenvalue weighted by Gasteiger charge is -2.32. The quantitative estimate of drug-likeness (QED) is 0.911. The monoisotopic (exact) mass is 340 g/mol. The molecule has 0 bridgehead atoms. The summed E-state index contributed by atoms with van der Waals surface area (Å²) < 4.78 is 0. The Morgan fingerprint density at radius 3 is 2.60 bits per heavy atom. The van der Waals surface area contributed by atoms with Crippen LogP contribution >= 0.6 is 0 Å². The second-order valence-corrected chi connectivity index (χ2v) is 7.43. The molecule has 134 valence electrons. The minimum Gasteiger partial charge on any atom is -0.314 e. The first-order valence-electron chi connectivity index (χ1n) is 9.34. The van der Waals surface area contributed by atoms with E-state index in [2.05, 4.69) is 52.3 Å². The van der Waals surface area contributed by atoms with Crippen molar-refractivity contribution in [3.8, 4) is 5.69 Å². The summed E-state index contributed by atoms with van der Waals surface area (Å²) in [4.78, 5) is 6.92. The molecule has 2 fully saturated rings. The predicted molar refractivity (Wildman–Crippen MR) is 99.0 cm³/mol. The molecule has 1 unspecified atom stereocenters. The number of nitrogens with one attached hydrogen (secondary N) is 1. The van der Waals surface area contributed by atoms with Gasteiger partial charge in [0.2, 0.25) is 0 Å². The smallest absolute Gasteiger partial charge is 0.0971 e. The largest absolute Gasteiger partial charge is 0.314 e. The van der Waals surface area contributed by atoms with Crippen molar-refractivity contribution in [1.29, 1.82) is 0 Å². The third-order valence-electron chi connectivity index (χ3n) is 5.28. The zero-order chi connectivity index (χ0) is 17.2. The molecule has 4 rings (SSSR count). The molecule has 25 heavy (non-hydrogen) atoms. The molecule has 1 aromatic carbocycles. The Labute approximate surface area is 149 Å². The molecule has 1 N–H and O–H groups in total. The van der Waals surface area contributed by atoms with Gasteiger partial charge in [0.15, 0.2) is 0 Å². The lowest BCUT2D eigenvalue weighted by molar-refractivity contribution is 0.170. The normalized spacial score (nSPS) is 22.6. The van der Waals surface area contributed by atoms with E-state index in [1.54, 1.807) is 4.80 Å². The summed E-state index contributed by atoms with van der Waals surface area (Å²) in [5.74, 6) is 0. The summed E-state index contributed by atoms with van der Waals surface area (Å²) in [6.07, 6.45) is 3.18. The third-order valence-corrected chi connectivity index (χ3v) is 5.28. The zero-order valence-corrected chi connectivity index (χ0v) is 15.3. The van der Waals surface area contributed by atoms with E-state index >= 15 is 0 Å². The van der Waals surface area contributed by atoms with Gasteiger partial charge in [-0.3, -0.25) is 9.80 Å². The van der Waals surface area contributed by atoms with Crippen LogP contribution in [0.25, 0.3) is 5.69 Å². The Hall–Kier alpha value is -1.76. The number of hydrogen-bond acceptors (Lipinski definition) is 5. The van der Waals surface area contributed by atoms with Gasteiger partial charge in [0, 0.05) is 51.9 Å². The Bertz CT molecular complexity index is 698. The van der Waals surface area contributed by atoms with Crippen LogP contribution in [0.5, 0.6) is 0 Å². The number of aromatic nitrogens is 3. The van der Waals surface area contributed by atoms with Gasteiger partial charge in [0.25, 0.3) is 0 Å². The maximum atomic E-state index is 4.70. The standard InChI is InChI=1S/C19H28N6/c1-15-9-16(2)11-19(10-15)25-21-12-17(22-25)13-23-6-3-18(14-23)24-7-4-20-5-8-24/h9-12,18,20H,3-8,13-14H2,1-2H3. The molecule has 1 atom stereocenters. The summed E-state index contributed by atoms with van der Waals surface area (Å²) in [5, 5.41) is 12.6. The molecule has 2 aromatic rings. The van der Waals surface area contributed by atoms with E-state index < -0.39 is 0 Å². The minimum atomic E-state index is 0.705. The lowest BCUT2D eigenvalue weighted by Crippen LogP contribution is -2.49. The second-order valence-electron chi connectivity index (χ2n) is 7.43. The number of hydrogen-bond donors (Lipinski definition) is 1. The molecule has 1 aromatic heterocycles. The van der Waals surface area contributed by atoms with Gasteiger partial charge < -0.3 is 5.32 Å². The molecular weight excluding hydrogens is 312 g/mol. The Kier molecular flexibility index (Phi) is 4.83. The highest BCUT2D eigenvalue weighted by Gasteiger charge is 2.28. The van der Waals surface area contributed by atoms with Crippen LogP contribution in [0.4, 0.5) is 0 Å². The first-order chi connectivity index (χ1) is 12.2. The maximum Gasteiger partial charge on any atom is 0.0971 e. The molecule has 6 heteroatoms. The highest BCUT2D eigenvalue weighted by atomic mass is 15.5. The van der Waals surface area contributed by atoms with E-state index in [0.29, 0.717) is 6.04 Å². The summed E-state index contributed by atoms with van der Waals surface area (Å²) >= 11 is 0. The van der Waals surface area contributed by atoms with Crippen LogP contribution < -0.4 is 5.32 Å². The van der Waals surface area contributed by atoms with Crippen molar-refractivity contribution in [2.75, 3.05) is 39.3 Å². The van der Waals surface area contributed by atoms with Gasteiger partial charge in [0.05, 0.1) is 17.6 Å². The zero-order valence-electron chi connectivity index (χ0n) is 15.3. The average Bonchev–Trinajstić information content (AvgIpc) is 3.25. The molecule has 0 radical (unpaired) electrons. The Morgan fingerprint density at radius 1 is 1.08 bits per heavy atom. The van der Waals surface area contributed by atoms with Gasteiger partial charge in [-0.2, -0.15) is 15.0 Å². The summed E-state index contributed by atoms with van der Waals surface area (Å²) in [7, 11) is 0. The van der Waals surface area contributed by atoms with E-state index in [9.17, 15) is 0 Å². The number of aryl methyl sites for hydroxylation is 2. The highest BCUT2D eigenvalue weighted by Crippen LogP contribution is 2.18. The number of likely N-dealkylation sites (tertiary alicyclic amines) is 1. The summed E-state index contributed by atoms with van der Waals surface area (Å²) in [6, 6.07) is 7.14.